The third-order valence-corrected chi connectivity index (χ3v) is 11.5. The molecule has 1 aliphatic rings. The average molecular weight is 810 g/mol. The monoisotopic (exact) mass is 810 g/mol. The maximum Gasteiger partial charge on any atom is 0.220 e. The second-order valence-corrected chi connectivity index (χ2v) is 16.9. The number of amides is 1. The Balaban J connectivity index is 2.24. The van der Waals surface area contributed by atoms with Gasteiger partial charge in [0.05, 0.1) is 25.4 Å². The van der Waals surface area contributed by atoms with Gasteiger partial charge in [-0.3, -0.25) is 4.79 Å². The van der Waals surface area contributed by atoms with Gasteiger partial charge in [-0.25, -0.2) is 0 Å². The number of aliphatic hydroxyl groups is 5. The molecule has 0 aromatic carbocycles. The quantitative estimate of drug-likeness (QED) is 0.0265. The number of carbonyl (C=O) groups excluding carboxylic acids is 1. The Labute approximate surface area is 349 Å². The second kappa shape index (κ2) is 38.8. The molecule has 1 heterocycles. The van der Waals surface area contributed by atoms with Crippen LogP contribution >= 0.6 is 0 Å². The van der Waals surface area contributed by atoms with E-state index in [9.17, 15) is 30.3 Å². The number of allylic oxidation sites excluding steroid dienone is 4. The summed E-state index contributed by atoms with van der Waals surface area (Å²) in [6.07, 6.45) is 39.1. The van der Waals surface area contributed by atoms with Gasteiger partial charge in [0.1, 0.15) is 24.4 Å². The van der Waals surface area contributed by atoms with Gasteiger partial charge < -0.3 is 40.3 Å². The summed E-state index contributed by atoms with van der Waals surface area (Å²) in [4.78, 5) is 13.0. The predicted molar refractivity (Wildman–Crippen MR) is 235 cm³/mol. The normalized spacial score (nSPS) is 21.1. The van der Waals surface area contributed by atoms with Crippen molar-refractivity contribution in [3.05, 3.63) is 24.3 Å². The summed E-state index contributed by atoms with van der Waals surface area (Å²) >= 11 is 0. The number of carbonyl (C=O) groups is 1. The topological polar surface area (TPSA) is 149 Å². The van der Waals surface area contributed by atoms with Crippen molar-refractivity contribution in [3.63, 3.8) is 0 Å². The van der Waals surface area contributed by atoms with E-state index >= 15 is 0 Å². The lowest BCUT2D eigenvalue weighted by Gasteiger charge is -2.40. The van der Waals surface area contributed by atoms with Crippen molar-refractivity contribution in [3.8, 4) is 0 Å². The molecule has 1 saturated heterocycles. The Bertz CT molecular complexity index is 945. The molecule has 0 aromatic rings. The Hall–Kier alpha value is -1.33. The molecule has 1 fully saturated rings. The molecule has 1 aliphatic heterocycles. The molecule has 0 bridgehead atoms. The van der Waals surface area contributed by atoms with Crippen molar-refractivity contribution in [2.45, 2.75) is 262 Å². The van der Waals surface area contributed by atoms with Crippen molar-refractivity contribution in [2.24, 2.45) is 0 Å². The lowest BCUT2D eigenvalue weighted by Crippen LogP contribution is -2.60. The molecule has 0 aliphatic carbocycles. The third kappa shape index (κ3) is 29.5. The van der Waals surface area contributed by atoms with Crippen LogP contribution in [0.15, 0.2) is 24.3 Å². The van der Waals surface area contributed by atoms with Gasteiger partial charge in [-0.05, 0) is 64.2 Å². The Morgan fingerprint density at radius 2 is 0.982 bits per heavy atom. The van der Waals surface area contributed by atoms with Gasteiger partial charge in [0.2, 0.25) is 5.91 Å². The summed E-state index contributed by atoms with van der Waals surface area (Å²) in [5.41, 5.74) is 0. The van der Waals surface area contributed by atoms with Gasteiger partial charge in [0.25, 0.3) is 0 Å². The van der Waals surface area contributed by atoms with Crippen LogP contribution in [0.5, 0.6) is 0 Å². The zero-order chi connectivity index (χ0) is 41.6. The first-order chi connectivity index (χ1) is 27.8. The first kappa shape index (κ1) is 53.7. The molecule has 0 radical (unpaired) electrons. The van der Waals surface area contributed by atoms with Crippen LogP contribution in [0.2, 0.25) is 0 Å². The van der Waals surface area contributed by atoms with E-state index in [2.05, 4.69) is 43.5 Å². The first-order valence-electron chi connectivity index (χ1n) is 24.0. The highest BCUT2D eigenvalue weighted by Crippen LogP contribution is 2.23. The highest BCUT2D eigenvalue weighted by Gasteiger charge is 2.44. The highest BCUT2D eigenvalue weighted by atomic mass is 16.7. The largest absolute Gasteiger partial charge is 0.394 e. The fourth-order valence-electron chi connectivity index (χ4n) is 7.62. The molecule has 0 spiro atoms. The highest BCUT2D eigenvalue weighted by molar-refractivity contribution is 5.76. The summed E-state index contributed by atoms with van der Waals surface area (Å²) < 4.78 is 11.2. The minimum Gasteiger partial charge on any atom is -0.394 e. The van der Waals surface area contributed by atoms with Gasteiger partial charge in [0.15, 0.2) is 6.29 Å². The van der Waals surface area contributed by atoms with Crippen molar-refractivity contribution in [2.75, 3.05) is 13.2 Å². The molecule has 0 aromatic heterocycles. The van der Waals surface area contributed by atoms with Gasteiger partial charge in [-0.1, -0.05) is 173 Å². The number of ether oxygens (including phenoxy) is 2. The minimum atomic E-state index is -1.56. The summed E-state index contributed by atoms with van der Waals surface area (Å²) in [7, 11) is 0. The molecule has 57 heavy (non-hydrogen) atoms. The molecule has 9 heteroatoms. The fraction of sp³-hybridized carbons (Fsp3) is 0.896. The van der Waals surface area contributed by atoms with Gasteiger partial charge >= 0.3 is 0 Å². The van der Waals surface area contributed by atoms with Gasteiger partial charge in [-0.2, -0.15) is 0 Å². The Morgan fingerprint density at radius 1 is 0.579 bits per heavy atom. The van der Waals surface area contributed by atoms with Crippen LogP contribution in [0.1, 0.15) is 219 Å². The summed E-state index contributed by atoms with van der Waals surface area (Å²) in [5.74, 6) is -0.154. The predicted octanol–water partition coefficient (Wildman–Crippen LogP) is 10.3. The minimum absolute atomic E-state index is 0.148. The van der Waals surface area contributed by atoms with Crippen LogP contribution in [0.4, 0.5) is 0 Å². The molecule has 9 nitrogen and oxygen atoms in total. The molecule has 0 saturated carbocycles. The lowest BCUT2D eigenvalue weighted by atomic mass is 9.99. The van der Waals surface area contributed by atoms with Gasteiger partial charge in [-0.15, -0.1) is 0 Å². The molecule has 6 N–H and O–H groups in total. The second-order valence-electron chi connectivity index (χ2n) is 16.9. The molecular formula is C48H91NO8. The van der Waals surface area contributed by atoms with E-state index in [1.807, 2.05) is 0 Å². The molecular weight excluding hydrogens is 719 g/mol. The zero-order valence-electron chi connectivity index (χ0n) is 36.9. The number of unbranched alkanes of at least 4 members (excludes halogenated alkanes) is 26. The lowest BCUT2D eigenvalue weighted by molar-refractivity contribution is -0.302. The maximum atomic E-state index is 13.0. The van der Waals surface area contributed by atoms with E-state index in [0.29, 0.717) is 12.8 Å². The SMILES string of the molecule is CCCCCCC/C=C/CCCC[C@@H](O)[C@H](CO[C@H]1O[C@@H](CO)[C@H](O)C(O)C1O)NC(=O)CCCCCCCCCCCCCCC/C=C/CCCCCCCC. The summed E-state index contributed by atoms with van der Waals surface area (Å²) in [5, 5.41) is 54.3. The van der Waals surface area contributed by atoms with E-state index in [0.717, 1.165) is 44.9 Å². The smallest absolute Gasteiger partial charge is 0.220 e. The van der Waals surface area contributed by atoms with Crippen LogP contribution in [0.25, 0.3) is 0 Å². The van der Waals surface area contributed by atoms with Crippen LogP contribution in [-0.4, -0.2) is 87.5 Å². The molecule has 336 valence electrons. The van der Waals surface area contributed by atoms with Crippen molar-refractivity contribution in [1.82, 2.24) is 5.32 Å². The van der Waals surface area contributed by atoms with Crippen LogP contribution < -0.4 is 5.32 Å². The summed E-state index contributed by atoms with van der Waals surface area (Å²) in [6.45, 7) is 3.79. The third-order valence-electron chi connectivity index (χ3n) is 11.5. The van der Waals surface area contributed by atoms with E-state index in [1.54, 1.807) is 0 Å². The van der Waals surface area contributed by atoms with E-state index in [-0.39, 0.29) is 12.5 Å². The van der Waals surface area contributed by atoms with Crippen LogP contribution in [0, 0.1) is 0 Å². The average Bonchev–Trinajstić information content (AvgIpc) is 3.21. The number of nitrogens with one attached hydrogen (secondary N) is 1. The number of aliphatic hydroxyl groups excluding tert-OH is 5. The Kier molecular flexibility index (Phi) is 36.6. The van der Waals surface area contributed by atoms with Gasteiger partial charge in [0, 0.05) is 6.42 Å². The van der Waals surface area contributed by atoms with Crippen molar-refractivity contribution in [1.29, 1.82) is 0 Å². The van der Waals surface area contributed by atoms with Crippen molar-refractivity contribution >= 4 is 5.91 Å². The van der Waals surface area contributed by atoms with Crippen molar-refractivity contribution < 1.29 is 39.8 Å². The zero-order valence-corrected chi connectivity index (χ0v) is 36.9. The molecule has 1 amide bonds. The maximum absolute atomic E-state index is 13.0. The van der Waals surface area contributed by atoms with E-state index in [4.69, 9.17) is 9.47 Å². The Morgan fingerprint density at radius 3 is 1.42 bits per heavy atom. The van der Waals surface area contributed by atoms with Crippen LogP contribution in [-0.2, 0) is 14.3 Å². The number of hydrogen-bond acceptors (Lipinski definition) is 8. The standard InChI is InChI=1S/C48H91NO8/c1-3-5-7-9-11-13-15-16-17-18-19-20-21-22-23-24-25-26-28-30-32-34-36-38-44(52)49-41(40-56-48-47(55)46(54)45(53)43(39-50)57-48)42(51)37-35-33-31-29-27-14-12-10-8-6-4-2/h16-17,27,29,41-43,45-48,50-51,53-55H,3-15,18-26,28,30-40H2,1-2H3,(H,49,52)/b17-16+,29-27+/t41-,42+,43-,45-,46?,47?,48-/m0/s1. The number of rotatable bonds is 40. The first-order valence-corrected chi connectivity index (χ1v) is 24.0. The van der Waals surface area contributed by atoms with Crippen LogP contribution in [0.3, 0.4) is 0 Å². The number of hydrogen-bond donors (Lipinski definition) is 6. The summed E-state index contributed by atoms with van der Waals surface area (Å²) in [6, 6.07) is -0.731. The molecule has 2 unspecified atom stereocenters. The molecule has 7 atom stereocenters. The fourth-order valence-corrected chi connectivity index (χ4v) is 7.62. The van der Waals surface area contributed by atoms with E-state index in [1.165, 1.54) is 148 Å². The molecule has 1 rings (SSSR count). The van der Waals surface area contributed by atoms with E-state index < -0.39 is 49.5 Å².